The van der Waals surface area contributed by atoms with Gasteiger partial charge in [-0.3, -0.25) is 9.69 Å². The lowest BCUT2D eigenvalue weighted by molar-refractivity contribution is -0.123. The lowest BCUT2D eigenvalue weighted by Crippen LogP contribution is -2.44. The first-order valence-electron chi connectivity index (χ1n) is 7.33. The van der Waals surface area contributed by atoms with Gasteiger partial charge in [-0.1, -0.05) is 12.8 Å². The van der Waals surface area contributed by atoms with Crippen LogP contribution in [-0.4, -0.2) is 29.9 Å². The molecule has 1 aromatic heterocycles. The van der Waals surface area contributed by atoms with Crippen LogP contribution in [-0.2, 0) is 11.2 Å². The highest BCUT2D eigenvalue weighted by atomic mass is 32.1. The van der Waals surface area contributed by atoms with Crippen molar-refractivity contribution in [2.24, 2.45) is 0 Å². The van der Waals surface area contributed by atoms with Gasteiger partial charge in [0, 0.05) is 23.5 Å². The summed E-state index contributed by atoms with van der Waals surface area (Å²) in [6, 6.07) is 3.03. The fourth-order valence-corrected chi connectivity index (χ4v) is 4.27. The minimum absolute atomic E-state index is 0.206. The molecule has 2 aliphatic rings. The molecule has 0 radical (unpaired) electrons. The smallest absolute Gasteiger partial charge is 0.234 e. The van der Waals surface area contributed by atoms with Gasteiger partial charge in [0.1, 0.15) is 0 Å². The van der Waals surface area contributed by atoms with E-state index >= 15 is 0 Å². The van der Waals surface area contributed by atoms with Gasteiger partial charge in [0.05, 0.1) is 6.54 Å². The normalized spacial score (nSPS) is 24.4. The van der Waals surface area contributed by atoms with Crippen molar-refractivity contribution in [2.45, 2.75) is 51.1 Å². The molecule has 1 fully saturated rings. The van der Waals surface area contributed by atoms with Crippen LogP contribution in [0, 0.1) is 0 Å². The average molecular weight is 278 g/mol. The number of nitrogens with zero attached hydrogens (tertiary/aromatic N) is 1. The van der Waals surface area contributed by atoms with E-state index in [1.807, 2.05) is 11.3 Å². The molecule has 1 unspecified atom stereocenters. The number of amides is 1. The molecule has 0 bridgehead atoms. The molecule has 3 rings (SSSR count). The summed E-state index contributed by atoms with van der Waals surface area (Å²) in [4.78, 5) is 15.9. The SMILES string of the molecule is CC1c2ccsc2CCN1CC(=O)NC1CCCC1. The fraction of sp³-hybridized carbons (Fsp3) is 0.667. The van der Waals surface area contributed by atoms with Gasteiger partial charge in [-0.2, -0.15) is 0 Å². The van der Waals surface area contributed by atoms with Crippen molar-refractivity contribution in [3.05, 3.63) is 21.9 Å². The molecule has 1 aromatic rings. The lowest BCUT2D eigenvalue weighted by Gasteiger charge is -2.33. The van der Waals surface area contributed by atoms with Gasteiger partial charge in [-0.25, -0.2) is 0 Å². The van der Waals surface area contributed by atoms with E-state index in [4.69, 9.17) is 0 Å². The van der Waals surface area contributed by atoms with Gasteiger partial charge in [-0.05, 0) is 43.2 Å². The Bertz CT molecular complexity index is 451. The van der Waals surface area contributed by atoms with E-state index in [2.05, 4.69) is 28.6 Å². The first-order chi connectivity index (χ1) is 9.24. The summed E-state index contributed by atoms with van der Waals surface area (Å²) in [5.74, 6) is 0.206. The Balaban J connectivity index is 1.57. The van der Waals surface area contributed by atoms with Gasteiger partial charge in [-0.15, -0.1) is 11.3 Å². The molecule has 3 nitrogen and oxygen atoms in total. The lowest BCUT2D eigenvalue weighted by atomic mass is 10.0. The second-order valence-corrected chi connectivity index (χ2v) is 6.75. The standard InChI is InChI=1S/C15H22N2OS/c1-11-13-7-9-19-14(13)6-8-17(11)10-15(18)16-12-4-2-3-5-12/h7,9,11-12H,2-6,8,10H2,1H3,(H,16,18). The Labute approximate surface area is 119 Å². The monoisotopic (exact) mass is 278 g/mol. The molecule has 1 amide bonds. The molecule has 1 N–H and O–H groups in total. The van der Waals surface area contributed by atoms with Gasteiger partial charge in [0.2, 0.25) is 5.91 Å². The maximum Gasteiger partial charge on any atom is 0.234 e. The average Bonchev–Trinajstić information content (AvgIpc) is 3.03. The Morgan fingerprint density at radius 1 is 1.47 bits per heavy atom. The van der Waals surface area contributed by atoms with Crippen LogP contribution in [0.4, 0.5) is 0 Å². The van der Waals surface area contributed by atoms with Crippen molar-refractivity contribution in [3.63, 3.8) is 0 Å². The first kappa shape index (κ1) is 13.1. The Morgan fingerprint density at radius 2 is 2.26 bits per heavy atom. The molecule has 104 valence electrons. The van der Waals surface area contributed by atoms with Crippen LogP contribution in [0.15, 0.2) is 11.4 Å². The van der Waals surface area contributed by atoms with Crippen LogP contribution in [0.5, 0.6) is 0 Å². The predicted octanol–water partition coefficient (Wildman–Crippen LogP) is 2.73. The van der Waals surface area contributed by atoms with Crippen LogP contribution in [0.1, 0.15) is 49.1 Å². The quantitative estimate of drug-likeness (QED) is 0.922. The second-order valence-electron chi connectivity index (χ2n) is 5.74. The van der Waals surface area contributed by atoms with Gasteiger partial charge >= 0.3 is 0 Å². The third-order valence-electron chi connectivity index (χ3n) is 4.47. The summed E-state index contributed by atoms with van der Waals surface area (Å²) >= 11 is 1.85. The number of rotatable bonds is 3. The van der Waals surface area contributed by atoms with Gasteiger partial charge in [0.15, 0.2) is 0 Å². The molecular formula is C15H22N2OS. The molecule has 1 aliphatic heterocycles. The molecule has 1 atom stereocenters. The summed E-state index contributed by atoms with van der Waals surface area (Å²) in [7, 11) is 0. The molecule has 1 saturated carbocycles. The number of hydrogen-bond acceptors (Lipinski definition) is 3. The number of nitrogens with one attached hydrogen (secondary N) is 1. The van der Waals surface area contributed by atoms with Gasteiger partial charge in [0.25, 0.3) is 0 Å². The third-order valence-corrected chi connectivity index (χ3v) is 5.47. The Kier molecular flexibility index (Phi) is 3.89. The largest absolute Gasteiger partial charge is 0.352 e. The molecule has 4 heteroatoms. The zero-order valence-electron chi connectivity index (χ0n) is 11.5. The van der Waals surface area contributed by atoms with Crippen molar-refractivity contribution in [2.75, 3.05) is 13.1 Å². The highest BCUT2D eigenvalue weighted by Crippen LogP contribution is 2.32. The third kappa shape index (κ3) is 2.84. The maximum absolute atomic E-state index is 12.1. The zero-order valence-corrected chi connectivity index (χ0v) is 12.3. The minimum Gasteiger partial charge on any atom is -0.352 e. The molecule has 0 saturated heterocycles. The van der Waals surface area contributed by atoms with Crippen molar-refractivity contribution < 1.29 is 4.79 Å². The fourth-order valence-electron chi connectivity index (χ4n) is 3.31. The maximum atomic E-state index is 12.1. The predicted molar refractivity (Wildman–Crippen MR) is 78.4 cm³/mol. The van der Waals surface area contributed by atoms with Crippen molar-refractivity contribution in [1.29, 1.82) is 0 Å². The van der Waals surface area contributed by atoms with Crippen LogP contribution in [0.3, 0.4) is 0 Å². The van der Waals surface area contributed by atoms with Crippen LogP contribution in [0.2, 0.25) is 0 Å². The van der Waals surface area contributed by atoms with Crippen molar-refractivity contribution in [1.82, 2.24) is 10.2 Å². The first-order valence-corrected chi connectivity index (χ1v) is 8.21. The highest BCUT2D eigenvalue weighted by molar-refractivity contribution is 7.10. The number of carbonyl (C=O) groups is 1. The van der Waals surface area contributed by atoms with Gasteiger partial charge < -0.3 is 5.32 Å². The number of carbonyl (C=O) groups excluding carboxylic acids is 1. The number of fused-ring (bicyclic) bond motifs is 1. The second kappa shape index (κ2) is 5.63. The minimum atomic E-state index is 0.206. The van der Waals surface area contributed by atoms with E-state index in [1.54, 1.807) is 0 Å². The highest BCUT2D eigenvalue weighted by Gasteiger charge is 2.27. The summed E-state index contributed by atoms with van der Waals surface area (Å²) in [6.45, 7) is 3.77. The topological polar surface area (TPSA) is 32.3 Å². The van der Waals surface area contributed by atoms with E-state index < -0.39 is 0 Å². The van der Waals surface area contributed by atoms with E-state index in [1.165, 1.54) is 23.3 Å². The Hall–Kier alpha value is -0.870. The molecule has 0 spiro atoms. The Morgan fingerprint density at radius 3 is 3.05 bits per heavy atom. The summed E-state index contributed by atoms with van der Waals surface area (Å²) in [6.07, 6.45) is 5.95. The van der Waals surface area contributed by atoms with Crippen molar-refractivity contribution in [3.8, 4) is 0 Å². The van der Waals surface area contributed by atoms with E-state index in [-0.39, 0.29) is 5.91 Å². The van der Waals surface area contributed by atoms with Crippen LogP contribution in [0.25, 0.3) is 0 Å². The number of hydrogen-bond donors (Lipinski definition) is 1. The summed E-state index contributed by atoms with van der Waals surface area (Å²) in [5.41, 5.74) is 1.42. The van der Waals surface area contributed by atoms with E-state index in [0.29, 0.717) is 18.6 Å². The molecular weight excluding hydrogens is 256 g/mol. The molecule has 1 aliphatic carbocycles. The summed E-state index contributed by atoms with van der Waals surface area (Å²) in [5, 5.41) is 5.36. The van der Waals surface area contributed by atoms with Crippen LogP contribution < -0.4 is 5.32 Å². The molecule has 2 heterocycles. The molecule has 0 aromatic carbocycles. The van der Waals surface area contributed by atoms with Crippen molar-refractivity contribution >= 4 is 17.2 Å². The zero-order chi connectivity index (χ0) is 13.2. The number of thiophene rings is 1. The molecule has 19 heavy (non-hydrogen) atoms. The van der Waals surface area contributed by atoms with E-state index in [0.717, 1.165) is 25.8 Å². The van der Waals surface area contributed by atoms with Crippen LogP contribution >= 0.6 is 11.3 Å². The van der Waals surface area contributed by atoms with E-state index in [9.17, 15) is 4.79 Å². The summed E-state index contributed by atoms with van der Waals surface area (Å²) < 4.78 is 0.